The Hall–Kier alpha value is -4.29. The number of amides is 4. The van der Waals surface area contributed by atoms with Crippen LogP contribution in [-0.2, 0) is 25.6 Å². The summed E-state index contributed by atoms with van der Waals surface area (Å²) in [4.78, 5) is 61.5. The molecule has 5 N–H and O–H groups in total. The van der Waals surface area contributed by atoms with Crippen molar-refractivity contribution in [3.63, 3.8) is 0 Å². The van der Waals surface area contributed by atoms with Crippen molar-refractivity contribution < 1.29 is 24.0 Å². The molecule has 2 aromatic carbocycles. The van der Waals surface area contributed by atoms with Crippen LogP contribution in [0.4, 0.5) is 0 Å². The molecule has 3 rings (SSSR count). The average Bonchev–Trinajstić information content (AvgIpc) is 3.32. The molecule has 252 valence electrons. The third-order valence-electron chi connectivity index (χ3n) is 7.46. The third kappa shape index (κ3) is 11.8. The molecule has 11 nitrogen and oxygen atoms in total. The first-order valence-corrected chi connectivity index (χ1v) is 16.5. The van der Waals surface area contributed by atoms with Crippen LogP contribution < -0.4 is 26.6 Å². The minimum absolute atomic E-state index is 0.0635. The number of benzene rings is 2. The summed E-state index contributed by atoms with van der Waals surface area (Å²) in [5, 5.41) is 15.1. The van der Waals surface area contributed by atoms with Crippen LogP contribution in [0.25, 0.3) is 10.9 Å². The van der Waals surface area contributed by atoms with E-state index in [1.165, 1.54) is 0 Å². The van der Waals surface area contributed by atoms with Crippen LogP contribution in [-0.4, -0.2) is 72.6 Å². The molecule has 1 aromatic heterocycles. The maximum Gasteiger partial charge on any atom is 0.262 e. The van der Waals surface area contributed by atoms with Gasteiger partial charge in [-0.3, -0.25) is 28.5 Å². The van der Waals surface area contributed by atoms with E-state index >= 15 is 0 Å². The predicted molar refractivity (Wildman–Crippen MR) is 188 cm³/mol. The summed E-state index contributed by atoms with van der Waals surface area (Å²) in [5.41, 5.74) is 4.34. The van der Waals surface area contributed by atoms with E-state index in [4.69, 9.17) is 11.6 Å². The van der Waals surface area contributed by atoms with Crippen LogP contribution in [0.1, 0.15) is 52.9 Å². The number of carbonyl (C=O) groups excluding carboxylic acids is 5. The zero-order chi connectivity index (χ0) is 34.3. The van der Waals surface area contributed by atoms with Gasteiger partial charge >= 0.3 is 0 Å². The average molecular weight is 683 g/mol. The highest BCUT2D eigenvalue weighted by Crippen LogP contribution is 2.28. The number of nitrogens with one attached hydrogen (secondary N) is 5. The van der Waals surface area contributed by atoms with E-state index in [1.54, 1.807) is 28.8 Å². The van der Waals surface area contributed by atoms with E-state index in [0.29, 0.717) is 29.4 Å². The molecule has 13 heteroatoms. The molecule has 1 heterocycles. The molecule has 3 aromatic rings. The fourth-order valence-electron chi connectivity index (χ4n) is 4.92. The molecule has 4 amide bonds. The first-order chi connectivity index (χ1) is 22.5. The number of nitrogens with zero attached hydrogens (tertiary/aromatic N) is 1. The fourth-order valence-corrected chi connectivity index (χ4v) is 5.16. The number of hydrogen-bond acceptors (Lipinski definition) is 7. The molecular weight excluding hydrogens is 640 g/mol. The Kier molecular flexibility index (Phi) is 14.8. The summed E-state index contributed by atoms with van der Waals surface area (Å²) in [6, 6.07) is 12.6. The Bertz CT molecular complexity index is 1600. The van der Waals surface area contributed by atoms with E-state index in [-0.39, 0.29) is 61.3 Å². The van der Waals surface area contributed by atoms with Crippen molar-refractivity contribution in [3.05, 3.63) is 82.1 Å². The molecule has 0 aliphatic rings. The van der Waals surface area contributed by atoms with Crippen molar-refractivity contribution in [2.24, 2.45) is 0 Å². The minimum atomic E-state index is -0.369. The van der Waals surface area contributed by atoms with Crippen LogP contribution in [0.3, 0.4) is 0 Å². The van der Waals surface area contributed by atoms with E-state index < -0.39 is 0 Å². The topological polar surface area (TPSA) is 150 Å². The molecule has 0 bridgehead atoms. The zero-order valence-electron chi connectivity index (χ0n) is 26.8. The van der Waals surface area contributed by atoms with Gasteiger partial charge in [0, 0.05) is 40.5 Å². The zero-order valence-corrected chi connectivity index (χ0v) is 28.5. The third-order valence-corrected chi connectivity index (χ3v) is 8.00. The number of aromatic nitrogens is 1. The number of fused-ring (bicyclic) bond motifs is 1. The quantitative estimate of drug-likeness (QED) is 0.0897. The molecule has 0 aliphatic heterocycles. The number of carbonyl (C=O) groups is 5. The molecule has 0 saturated heterocycles. The van der Waals surface area contributed by atoms with E-state index in [9.17, 15) is 24.0 Å². The summed E-state index contributed by atoms with van der Waals surface area (Å²) in [6.45, 7) is 8.56. The maximum atomic E-state index is 13.4. The van der Waals surface area contributed by atoms with Crippen LogP contribution >= 0.6 is 24.2 Å². The number of rotatable bonds is 18. The van der Waals surface area contributed by atoms with Gasteiger partial charge in [0.15, 0.2) is 0 Å². The largest absolute Gasteiger partial charge is 0.379 e. The van der Waals surface area contributed by atoms with E-state index in [0.717, 1.165) is 53.4 Å². The lowest BCUT2D eigenvalue weighted by molar-refractivity contribution is -0.125. The van der Waals surface area contributed by atoms with Gasteiger partial charge in [-0.05, 0) is 68.7 Å². The maximum absolute atomic E-state index is 13.4. The Morgan fingerprint density at radius 1 is 0.745 bits per heavy atom. The van der Waals surface area contributed by atoms with Gasteiger partial charge in [0.25, 0.3) is 5.91 Å². The van der Waals surface area contributed by atoms with Gasteiger partial charge in [0.1, 0.15) is 0 Å². The van der Waals surface area contributed by atoms with E-state index in [1.807, 2.05) is 32.0 Å². The molecule has 0 aliphatic carbocycles. The van der Waals surface area contributed by atoms with Crippen LogP contribution in [0.2, 0.25) is 5.02 Å². The lowest BCUT2D eigenvalue weighted by Gasteiger charge is -2.11. The first kappa shape index (κ1) is 37.2. The standard InChI is InChI=1S/C34H43ClN6O5S/c1-22-8-13-29-28(16-22)27(24(3)41(29)34(46)25-9-11-26(35)12-10-25)17-30(42)36-14-6-4-5-7-15-37-31(43)20-40-32(44)19-38-23(2)18-39-33(45)21-47/h8-13,16,38,47H,2,4-7,14-15,17-21H2,1,3H3,(H,36,42)(H,37,43)(H,39,45)(H,40,44). The van der Waals surface area contributed by atoms with Gasteiger partial charge in [0.2, 0.25) is 23.6 Å². The van der Waals surface area contributed by atoms with Crippen molar-refractivity contribution in [2.45, 2.75) is 46.0 Å². The van der Waals surface area contributed by atoms with Gasteiger partial charge < -0.3 is 26.6 Å². The molecule has 0 unspecified atom stereocenters. The molecule has 0 atom stereocenters. The van der Waals surface area contributed by atoms with Crippen molar-refractivity contribution in [1.82, 2.24) is 31.2 Å². The Morgan fingerprint density at radius 2 is 1.34 bits per heavy atom. The monoisotopic (exact) mass is 682 g/mol. The Labute approximate surface area is 285 Å². The fraction of sp³-hybridized carbons (Fsp3) is 0.382. The van der Waals surface area contributed by atoms with Gasteiger partial charge in [-0.1, -0.05) is 42.7 Å². The first-order valence-electron chi connectivity index (χ1n) is 15.5. The number of halogens is 1. The van der Waals surface area contributed by atoms with Crippen molar-refractivity contribution in [2.75, 3.05) is 38.5 Å². The molecule has 0 saturated carbocycles. The summed E-state index contributed by atoms with van der Waals surface area (Å²) in [7, 11) is 0. The normalized spacial score (nSPS) is 10.7. The van der Waals surface area contributed by atoms with Gasteiger partial charge in [-0.25, -0.2) is 0 Å². The minimum Gasteiger partial charge on any atom is -0.379 e. The Morgan fingerprint density at radius 3 is 2.00 bits per heavy atom. The number of hydrogen-bond donors (Lipinski definition) is 6. The second kappa shape index (κ2) is 18.8. The lowest BCUT2D eigenvalue weighted by Crippen LogP contribution is -2.41. The van der Waals surface area contributed by atoms with E-state index in [2.05, 4.69) is 45.8 Å². The van der Waals surface area contributed by atoms with Crippen molar-refractivity contribution in [1.29, 1.82) is 0 Å². The van der Waals surface area contributed by atoms with Crippen LogP contribution in [0.15, 0.2) is 54.7 Å². The highest BCUT2D eigenvalue weighted by Gasteiger charge is 2.21. The summed E-state index contributed by atoms with van der Waals surface area (Å²) in [5.74, 6) is -1.12. The molecule has 0 spiro atoms. The summed E-state index contributed by atoms with van der Waals surface area (Å²) in [6.07, 6.45) is 3.48. The number of unbranched alkanes of at least 4 members (excludes halogenated alkanes) is 3. The van der Waals surface area contributed by atoms with Gasteiger partial charge in [-0.2, -0.15) is 12.6 Å². The van der Waals surface area contributed by atoms with Crippen LogP contribution in [0, 0.1) is 13.8 Å². The number of aryl methyl sites for hydroxylation is 1. The van der Waals surface area contributed by atoms with Gasteiger partial charge in [0.05, 0.1) is 37.3 Å². The smallest absolute Gasteiger partial charge is 0.262 e. The highest BCUT2D eigenvalue weighted by molar-refractivity contribution is 7.81. The molecular formula is C34H43ClN6O5S. The van der Waals surface area contributed by atoms with Crippen LogP contribution in [0.5, 0.6) is 0 Å². The predicted octanol–water partition coefficient (Wildman–Crippen LogP) is 3.20. The molecule has 0 fully saturated rings. The molecule has 0 radical (unpaired) electrons. The van der Waals surface area contributed by atoms with Crippen molar-refractivity contribution in [3.8, 4) is 0 Å². The Balaban J connectivity index is 1.34. The SMILES string of the molecule is C=C(CNC(=O)CS)NCC(=O)NCC(=O)NCCCCCCNC(=O)Cc1c(C)n(C(=O)c2ccc(Cl)cc2)c2ccc(C)cc12. The van der Waals surface area contributed by atoms with Crippen molar-refractivity contribution >= 4 is 64.7 Å². The lowest BCUT2D eigenvalue weighted by atomic mass is 10.1. The second-order valence-electron chi connectivity index (χ2n) is 11.2. The number of thiol groups is 1. The second-order valence-corrected chi connectivity index (χ2v) is 11.9. The highest BCUT2D eigenvalue weighted by atomic mass is 35.5. The van der Waals surface area contributed by atoms with Gasteiger partial charge in [-0.15, -0.1) is 0 Å². The molecule has 47 heavy (non-hydrogen) atoms. The summed E-state index contributed by atoms with van der Waals surface area (Å²) < 4.78 is 1.67. The summed E-state index contributed by atoms with van der Waals surface area (Å²) >= 11 is 9.87.